The lowest BCUT2D eigenvalue weighted by molar-refractivity contribution is 0.259. The molecule has 4 nitrogen and oxygen atoms in total. The summed E-state index contributed by atoms with van der Waals surface area (Å²) in [6.45, 7) is 4.01. The van der Waals surface area contributed by atoms with Crippen LogP contribution in [0.25, 0.3) is 0 Å². The van der Waals surface area contributed by atoms with Crippen molar-refractivity contribution < 1.29 is 8.42 Å². The first-order valence-corrected chi connectivity index (χ1v) is 10.1. The van der Waals surface area contributed by atoms with E-state index in [1.165, 1.54) is 25.6 Å². The molecule has 1 aromatic rings. The molecule has 0 spiro atoms. The molecule has 0 bridgehead atoms. The number of rotatable bonds is 4. The van der Waals surface area contributed by atoms with E-state index in [1.807, 2.05) is 18.2 Å². The van der Waals surface area contributed by atoms with Crippen molar-refractivity contribution in [1.82, 2.24) is 9.21 Å². The Morgan fingerprint density at radius 3 is 2.45 bits per heavy atom. The number of benzene rings is 1. The highest BCUT2D eigenvalue weighted by Gasteiger charge is 2.50. The van der Waals surface area contributed by atoms with E-state index in [0.717, 1.165) is 24.6 Å². The lowest BCUT2D eigenvalue weighted by Crippen LogP contribution is -2.35. The predicted octanol–water partition coefficient (Wildman–Crippen LogP) is 1.96. The van der Waals surface area contributed by atoms with Gasteiger partial charge in [0, 0.05) is 26.2 Å². The molecule has 2 saturated heterocycles. The van der Waals surface area contributed by atoms with Crippen LogP contribution in [0.2, 0.25) is 0 Å². The van der Waals surface area contributed by atoms with Crippen molar-refractivity contribution in [2.24, 2.45) is 17.8 Å². The fourth-order valence-corrected chi connectivity index (χ4v) is 5.47. The van der Waals surface area contributed by atoms with Gasteiger partial charge in [-0.2, -0.15) is 4.31 Å². The maximum absolute atomic E-state index is 12.2. The first-order chi connectivity index (χ1) is 10.5. The fourth-order valence-electron chi connectivity index (χ4n) is 4.32. The minimum absolute atomic E-state index is 0.0189. The third kappa shape index (κ3) is 2.70. The van der Waals surface area contributed by atoms with Gasteiger partial charge >= 0.3 is 0 Å². The van der Waals surface area contributed by atoms with Crippen molar-refractivity contribution in [3.63, 3.8) is 0 Å². The van der Waals surface area contributed by atoms with Crippen LogP contribution in [0.5, 0.6) is 0 Å². The lowest BCUT2D eigenvalue weighted by atomic mass is 9.90. The molecule has 0 radical (unpaired) electrons. The van der Waals surface area contributed by atoms with Crippen molar-refractivity contribution in [3.05, 3.63) is 35.9 Å². The average molecular weight is 320 g/mol. The molecule has 1 saturated carbocycles. The van der Waals surface area contributed by atoms with Gasteiger partial charge < -0.3 is 4.90 Å². The molecular formula is C17H24N2O2S. The molecule has 2 heterocycles. The van der Waals surface area contributed by atoms with Gasteiger partial charge in [0.15, 0.2) is 0 Å². The summed E-state index contributed by atoms with van der Waals surface area (Å²) in [5.41, 5.74) is 1.15. The highest BCUT2D eigenvalue weighted by molar-refractivity contribution is 7.88. The monoisotopic (exact) mass is 320 g/mol. The molecule has 1 aromatic carbocycles. The molecule has 4 rings (SSSR count). The number of nitrogens with zero attached hydrogens (tertiary/aromatic N) is 2. The van der Waals surface area contributed by atoms with E-state index >= 15 is 0 Å². The summed E-state index contributed by atoms with van der Waals surface area (Å²) in [6, 6.07) is 10.2. The Kier molecular flexibility index (Phi) is 3.55. The van der Waals surface area contributed by atoms with Gasteiger partial charge in [0.1, 0.15) is 0 Å². The van der Waals surface area contributed by atoms with Crippen molar-refractivity contribution in [2.45, 2.75) is 18.9 Å². The lowest BCUT2D eigenvalue weighted by Gasteiger charge is -2.28. The summed E-state index contributed by atoms with van der Waals surface area (Å²) in [6.07, 6.45) is 4.11. The summed E-state index contributed by atoms with van der Waals surface area (Å²) >= 11 is 0. The Hall–Kier alpha value is -0.910. The molecule has 3 fully saturated rings. The van der Waals surface area contributed by atoms with Gasteiger partial charge in [0.2, 0.25) is 10.0 Å². The Labute approximate surface area is 133 Å². The van der Waals surface area contributed by atoms with Crippen LogP contribution in [0.1, 0.15) is 24.4 Å². The molecule has 0 N–H and O–H groups in total. The number of fused-ring (bicyclic) bond motifs is 1. The molecule has 5 heteroatoms. The second kappa shape index (κ2) is 5.32. The molecule has 0 aromatic heterocycles. The van der Waals surface area contributed by atoms with E-state index in [-0.39, 0.29) is 6.04 Å². The topological polar surface area (TPSA) is 40.6 Å². The summed E-state index contributed by atoms with van der Waals surface area (Å²) in [5, 5.41) is 0. The standard InChI is InChI=1S/C17H24N2O2S/c1-22(20,21)19-11-15-10-18(9-13-7-8-13)12-16(15)17(19)14-5-3-2-4-6-14/h2-6,13,15-17H,7-12H2,1H3/t15-,16-,17+/m1/s1. The van der Waals surface area contributed by atoms with Gasteiger partial charge in [0.05, 0.1) is 12.3 Å². The summed E-state index contributed by atoms with van der Waals surface area (Å²) in [4.78, 5) is 2.57. The first kappa shape index (κ1) is 14.7. The van der Waals surface area contributed by atoms with E-state index < -0.39 is 10.0 Å². The smallest absolute Gasteiger partial charge is 0.211 e. The Morgan fingerprint density at radius 1 is 1.09 bits per heavy atom. The zero-order chi connectivity index (χ0) is 15.3. The van der Waals surface area contributed by atoms with Crippen molar-refractivity contribution >= 4 is 10.0 Å². The molecule has 0 unspecified atom stereocenters. The second-order valence-corrected chi connectivity index (χ2v) is 9.21. The second-order valence-electron chi connectivity index (χ2n) is 7.27. The van der Waals surface area contributed by atoms with E-state index in [1.54, 1.807) is 4.31 Å². The van der Waals surface area contributed by atoms with E-state index in [4.69, 9.17) is 0 Å². The average Bonchev–Trinajstić information content (AvgIpc) is 3.06. The van der Waals surface area contributed by atoms with Gasteiger partial charge in [-0.25, -0.2) is 8.42 Å². The summed E-state index contributed by atoms with van der Waals surface area (Å²) in [5.74, 6) is 1.83. The Balaban J connectivity index is 1.61. The molecule has 1 aliphatic carbocycles. The summed E-state index contributed by atoms with van der Waals surface area (Å²) in [7, 11) is -3.16. The minimum Gasteiger partial charge on any atom is -0.302 e. The number of hydrogen-bond acceptors (Lipinski definition) is 3. The highest BCUT2D eigenvalue weighted by atomic mass is 32.2. The first-order valence-electron chi connectivity index (χ1n) is 8.26. The largest absolute Gasteiger partial charge is 0.302 e. The highest BCUT2D eigenvalue weighted by Crippen LogP contribution is 2.46. The third-order valence-electron chi connectivity index (χ3n) is 5.48. The zero-order valence-corrected chi connectivity index (χ0v) is 13.9. The third-order valence-corrected chi connectivity index (χ3v) is 6.71. The molecule has 22 heavy (non-hydrogen) atoms. The number of sulfonamides is 1. The van der Waals surface area contributed by atoms with Crippen molar-refractivity contribution in [2.75, 3.05) is 32.4 Å². The van der Waals surface area contributed by atoms with E-state index in [9.17, 15) is 8.42 Å². The maximum Gasteiger partial charge on any atom is 0.211 e. The normalized spacial score (nSPS) is 33.2. The zero-order valence-electron chi connectivity index (χ0n) is 13.1. The van der Waals surface area contributed by atoms with E-state index in [2.05, 4.69) is 17.0 Å². The van der Waals surface area contributed by atoms with Gasteiger partial charge in [-0.05, 0) is 36.2 Å². The predicted molar refractivity (Wildman–Crippen MR) is 86.9 cm³/mol. The minimum atomic E-state index is -3.16. The molecule has 3 atom stereocenters. The quantitative estimate of drug-likeness (QED) is 0.851. The van der Waals surface area contributed by atoms with E-state index in [0.29, 0.717) is 18.4 Å². The van der Waals surface area contributed by atoms with Gasteiger partial charge in [-0.3, -0.25) is 0 Å². The van der Waals surface area contributed by atoms with Crippen molar-refractivity contribution in [3.8, 4) is 0 Å². The van der Waals surface area contributed by atoms with Crippen LogP contribution in [0, 0.1) is 17.8 Å². The van der Waals surface area contributed by atoms with Gasteiger partial charge in [0.25, 0.3) is 0 Å². The fraction of sp³-hybridized carbons (Fsp3) is 0.647. The number of likely N-dealkylation sites (tertiary alicyclic amines) is 1. The Morgan fingerprint density at radius 2 is 1.82 bits per heavy atom. The van der Waals surface area contributed by atoms with Crippen LogP contribution < -0.4 is 0 Å². The maximum atomic E-state index is 12.2. The Bertz CT molecular complexity index is 642. The van der Waals surface area contributed by atoms with Gasteiger partial charge in [-0.1, -0.05) is 30.3 Å². The van der Waals surface area contributed by atoms with Crippen LogP contribution in [0.15, 0.2) is 30.3 Å². The van der Waals surface area contributed by atoms with Gasteiger partial charge in [-0.15, -0.1) is 0 Å². The van der Waals surface area contributed by atoms with Crippen LogP contribution in [0.4, 0.5) is 0 Å². The van der Waals surface area contributed by atoms with Crippen LogP contribution in [-0.4, -0.2) is 50.1 Å². The van der Waals surface area contributed by atoms with Crippen LogP contribution in [-0.2, 0) is 10.0 Å². The molecular weight excluding hydrogens is 296 g/mol. The number of hydrogen-bond donors (Lipinski definition) is 0. The van der Waals surface area contributed by atoms with Crippen LogP contribution >= 0.6 is 0 Å². The van der Waals surface area contributed by atoms with Crippen molar-refractivity contribution in [1.29, 1.82) is 0 Å². The summed E-state index contributed by atoms with van der Waals surface area (Å²) < 4.78 is 26.2. The SMILES string of the molecule is CS(=O)(=O)N1C[C@H]2CN(CC3CC3)C[C@H]2[C@@H]1c1ccccc1. The molecule has 120 valence electrons. The molecule has 3 aliphatic rings. The molecule has 2 aliphatic heterocycles. The molecule has 0 amide bonds. The van der Waals surface area contributed by atoms with Crippen LogP contribution in [0.3, 0.4) is 0 Å².